The Balaban J connectivity index is 2.53. The highest BCUT2D eigenvalue weighted by atomic mass is 16.5. The first-order chi connectivity index (χ1) is 3.34. The molecule has 0 aromatic rings. The summed E-state index contributed by atoms with van der Waals surface area (Å²) in [5.41, 5.74) is 1.31. The smallest absolute Gasteiger partial charge is 0.187 e. The van der Waals surface area contributed by atoms with Crippen LogP contribution in [0.25, 0.3) is 0 Å². The van der Waals surface area contributed by atoms with Crippen molar-refractivity contribution in [2.45, 2.75) is 6.92 Å². The molecule has 0 aromatic heterocycles. The largest absolute Gasteiger partial charge is 0.483 e. The van der Waals surface area contributed by atoms with Gasteiger partial charge in [0.15, 0.2) is 5.88 Å². The van der Waals surface area contributed by atoms with E-state index in [0.717, 1.165) is 12.4 Å². The van der Waals surface area contributed by atoms with Gasteiger partial charge in [-0.25, -0.2) is 0 Å². The summed E-state index contributed by atoms with van der Waals surface area (Å²) in [5, 5.41) is 3.00. The molecule has 0 radical (unpaired) electrons. The Hall–Kier alpha value is -0.660. The van der Waals surface area contributed by atoms with Gasteiger partial charge >= 0.3 is 0 Å². The molecule has 0 amide bonds. The number of methoxy groups -OCH3 is 1. The van der Waals surface area contributed by atoms with Crippen LogP contribution in [-0.4, -0.2) is 13.7 Å². The standard InChI is InChI=1S/C5H9NO/c1-4-3-6-5(4)7-2/h6H,3H2,1-2H3. The lowest BCUT2D eigenvalue weighted by molar-refractivity contribution is 0.239. The molecule has 1 heterocycles. The molecule has 0 bridgehead atoms. The normalized spacial score (nSPS) is 18.0. The maximum Gasteiger partial charge on any atom is 0.187 e. The average Bonchev–Trinajstić information content (AvgIpc) is 1.65. The van der Waals surface area contributed by atoms with E-state index in [4.69, 9.17) is 4.74 Å². The van der Waals surface area contributed by atoms with Gasteiger partial charge < -0.3 is 10.1 Å². The molecule has 40 valence electrons. The summed E-state index contributed by atoms with van der Waals surface area (Å²) in [6.07, 6.45) is 0. The zero-order valence-electron chi connectivity index (χ0n) is 4.62. The highest BCUT2D eigenvalue weighted by Crippen LogP contribution is 2.08. The van der Waals surface area contributed by atoms with Crippen molar-refractivity contribution in [1.82, 2.24) is 5.32 Å². The Kier molecular flexibility index (Phi) is 0.929. The van der Waals surface area contributed by atoms with Gasteiger partial charge in [-0.05, 0) is 6.92 Å². The molecule has 2 nitrogen and oxygen atoms in total. The van der Waals surface area contributed by atoms with Crippen molar-refractivity contribution < 1.29 is 4.74 Å². The molecule has 1 aliphatic heterocycles. The van der Waals surface area contributed by atoms with Crippen LogP contribution in [0.15, 0.2) is 11.5 Å². The van der Waals surface area contributed by atoms with Gasteiger partial charge in [-0.15, -0.1) is 0 Å². The third-order valence-corrected chi connectivity index (χ3v) is 1.11. The van der Waals surface area contributed by atoms with Gasteiger partial charge in [0.2, 0.25) is 0 Å². The maximum atomic E-state index is 4.87. The van der Waals surface area contributed by atoms with E-state index in [9.17, 15) is 0 Å². The molecule has 1 rings (SSSR count). The predicted molar refractivity (Wildman–Crippen MR) is 27.7 cm³/mol. The zero-order chi connectivity index (χ0) is 5.28. The number of nitrogens with one attached hydrogen (secondary N) is 1. The van der Waals surface area contributed by atoms with Crippen LogP contribution in [-0.2, 0) is 4.74 Å². The summed E-state index contributed by atoms with van der Waals surface area (Å²) in [6, 6.07) is 0. The van der Waals surface area contributed by atoms with E-state index < -0.39 is 0 Å². The monoisotopic (exact) mass is 99.1 g/mol. The first kappa shape index (κ1) is 4.50. The Morgan fingerprint density at radius 3 is 2.43 bits per heavy atom. The van der Waals surface area contributed by atoms with E-state index in [-0.39, 0.29) is 0 Å². The summed E-state index contributed by atoms with van der Waals surface area (Å²) in [5.74, 6) is 0.944. The summed E-state index contributed by atoms with van der Waals surface area (Å²) >= 11 is 0. The third-order valence-electron chi connectivity index (χ3n) is 1.11. The van der Waals surface area contributed by atoms with E-state index in [1.165, 1.54) is 5.57 Å². The molecule has 0 spiro atoms. The fourth-order valence-corrected chi connectivity index (χ4v) is 0.584. The summed E-state index contributed by atoms with van der Waals surface area (Å²) < 4.78 is 4.87. The Labute approximate surface area is 43.2 Å². The minimum absolute atomic E-state index is 0.944. The lowest BCUT2D eigenvalue weighted by Crippen LogP contribution is -2.29. The summed E-state index contributed by atoms with van der Waals surface area (Å²) in [4.78, 5) is 0. The molecule has 0 fully saturated rings. The second-order valence-corrected chi connectivity index (χ2v) is 1.67. The molecule has 0 aromatic carbocycles. The minimum Gasteiger partial charge on any atom is -0.483 e. The molecule has 0 saturated heterocycles. The fourth-order valence-electron chi connectivity index (χ4n) is 0.584. The van der Waals surface area contributed by atoms with E-state index in [1.807, 2.05) is 0 Å². The van der Waals surface area contributed by atoms with E-state index in [2.05, 4.69) is 12.2 Å². The van der Waals surface area contributed by atoms with Crippen molar-refractivity contribution in [1.29, 1.82) is 0 Å². The van der Waals surface area contributed by atoms with Crippen LogP contribution in [0.4, 0.5) is 0 Å². The lowest BCUT2D eigenvalue weighted by Gasteiger charge is -2.20. The van der Waals surface area contributed by atoms with E-state index >= 15 is 0 Å². The second-order valence-electron chi connectivity index (χ2n) is 1.67. The van der Waals surface area contributed by atoms with Crippen molar-refractivity contribution >= 4 is 0 Å². The zero-order valence-corrected chi connectivity index (χ0v) is 4.62. The van der Waals surface area contributed by atoms with Crippen LogP contribution in [0.2, 0.25) is 0 Å². The lowest BCUT2D eigenvalue weighted by atomic mass is 10.2. The first-order valence-corrected chi connectivity index (χ1v) is 2.32. The fraction of sp³-hybridized carbons (Fsp3) is 0.600. The Bertz CT molecular complexity index is 107. The average molecular weight is 99.1 g/mol. The van der Waals surface area contributed by atoms with Crippen molar-refractivity contribution in [2.24, 2.45) is 0 Å². The van der Waals surface area contributed by atoms with Gasteiger partial charge in [0.1, 0.15) is 0 Å². The minimum atomic E-state index is 0.944. The number of ether oxygens (including phenoxy) is 1. The highest BCUT2D eigenvalue weighted by Gasteiger charge is 2.09. The molecule has 2 heteroatoms. The van der Waals surface area contributed by atoms with Gasteiger partial charge in [-0.1, -0.05) is 0 Å². The van der Waals surface area contributed by atoms with Crippen molar-refractivity contribution in [2.75, 3.05) is 13.7 Å². The second kappa shape index (κ2) is 1.45. The summed E-state index contributed by atoms with van der Waals surface area (Å²) in [7, 11) is 1.67. The molecule has 1 aliphatic rings. The maximum absolute atomic E-state index is 4.87. The van der Waals surface area contributed by atoms with Crippen LogP contribution in [0.5, 0.6) is 0 Å². The van der Waals surface area contributed by atoms with Gasteiger partial charge in [0.25, 0.3) is 0 Å². The molecule has 7 heavy (non-hydrogen) atoms. The molecular weight excluding hydrogens is 90.1 g/mol. The number of hydrogen-bond donors (Lipinski definition) is 1. The molecular formula is C5H9NO. The SMILES string of the molecule is COC1=C(C)CN1. The van der Waals surface area contributed by atoms with Crippen LogP contribution < -0.4 is 5.32 Å². The van der Waals surface area contributed by atoms with E-state index in [1.54, 1.807) is 7.11 Å². The predicted octanol–water partition coefficient (Wildman–Crippen LogP) is 0.467. The van der Waals surface area contributed by atoms with Gasteiger partial charge in [0.05, 0.1) is 7.11 Å². The van der Waals surface area contributed by atoms with Gasteiger partial charge in [-0.3, -0.25) is 0 Å². The van der Waals surface area contributed by atoms with Crippen molar-refractivity contribution in [3.63, 3.8) is 0 Å². The van der Waals surface area contributed by atoms with Gasteiger partial charge in [-0.2, -0.15) is 0 Å². The molecule has 0 aliphatic carbocycles. The van der Waals surface area contributed by atoms with Crippen molar-refractivity contribution in [3.05, 3.63) is 11.5 Å². The Morgan fingerprint density at radius 2 is 2.43 bits per heavy atom. The molecule has 1 N–H and O–H groups in total. The van der Waals surface area contributed by atoms with Crippen molar-refractivity contribution in [3.8, 4) is 0 Å². The Morgan fingerprint density at radius 1 is 1.71 bits per heavy atom. The van der Waals surface area contributed by atoms with Crippen LogP contribution in [0, 0.1) is 0 Å². The molecule has 0 saturated carbocycles. The number of hydrogen-bond acceptors (Lipinski definition) is 2. The summed E-state index contributed by atoms with van der Waals surface area (Å²) in [6.45, 7) is 3.04. The number of rotatable bonds is 1. The molecule has 0 unspecified atom stereocenters. The van der Waals surface area contributed by atoms with Gasteiger partial charge in [0, 0.05) is 12.1 Å². The first-order valence-electron chi connectivity index (χ1n) is 2.32. The third kappa shape index (κ3) is 0.557. The topological polar surface area (TPSA) is 21.3 Å². The quantitative estimate of drug-likeness (QED) is 0.516. The van der Waals surface area contributed by atoms with Crippen LogP contribution >= 0.6 is 0 Å². The van der Waals surface area contributed by atoms with Crippen LogP contribution in [0.1, 0.15) is 6.92 Å². The molecule has 0 atom stereocenters. The van der Waals surface area contributed by atoms with Crippen LogP contribution in [0.3, 0.4) is 0 Å². The highest BCUT2D eigenvalue weighted by molar-refractivity contribution is 5.15. The van der Waals surface area contributed by atoms with E-state index in [0.29, 0.717) is 0 Å².